The number of hydrogen-bond acceptors (Lipinski definition) is 4. The maximum absolute atomic E-state index is 6.99. The maximum Gasteiger partial charge on any atom is 0.135 e. The third-order valence-corrected chi connectivity index (χ3v) is 12.0. The molecular formula is C55H44N5OPt-3. The fraction of sp³-hybridized carbons (Fsp3) is 0.127. The zero-order valence-corrected chi connectivity index (χ0v) is 37.7. The van der Waals surface area contributed by atoms with E-state index in [0.29, 0.717) is 11.5 Å². The van der Waals surface area contributed by atoms with Crippen molar-refractivity contribution in [2.45, 2.75) is 47.0 Å². The molecule has 7 aromatic carbocycles. The summed E-state index contributed by atoms with van der Waals surface area (Å²) in [4.78, 5) is 9.51. The van der Waals surface area contributed by atoms with E-state index in [1.165, 1.54) is 27.9 Å². The van der Waals surface area contributed by atoms with Crippen molar-refractivity contribution >= 4 is 66.4 Å². The predicted molar refractivity (Wildman–Crippen MR) is 251 cm³/mol. The Kier molecular flexibility index (Phi) is 9.61. The van der Waals surface area contributed by atoms with Crippen LogP contribution in [0.1, 0.15) is 43.0 Å². The minimum atomic E-state index is -0.0368. The molecule has 7 heteroatoms. The van der Waals surface area contributed by atoms with Gasteiger partial charge in [-0.05, 0) is 108 Å². The van der Waals surface area contributed by atoms with Crippen molar-refractivity contribution < 1.29 is 25.8 Å². The second-order valence-corrected chi connectivity index (χ2v) is 17.2. The Balaban J connectivity index is 0.00000458. The molecule has 1 aliphatic rings. The van der Waals surface area contributed by atoms with Crippen molar-refractivity contribution in [1.82, 2.24) is 14.1 Å². The van der Waals surface area contributed by atoms with Gasteiger partial charge < -0.3 is 23.7 Å². The summed E-state index contributed by atoms with van der Waals surface area (Å²) in [5, 5.41) is 4.44. The first-order valence-corrected chi connectivity index (χ1v) is 20.9. The number of benzene rings is 7. The topological polar surface area (TPSA) is 38.5 Å². The van der Waals surface area contributed by atoms with Gasteiger partial charge in [0.05, 0.1) is 0 Å². The smallest absolute Gasteiger partial charge is 0.135 e. The van der Waals surface area contributed by atoms with E-state index in [0.717, 1.165) is 72.2 Å². The predicted octanol–water partition coefficient (Wildman–Crippen LogP) is 14.3. The molecule has 0 saturated heterocycles. The molecule has 0 atom stereocenters. The molecule has 3 aromatic heterocycles. The summed E-state index contributed by atoms with van der Waals surface area (Å²) < 4.78 is 11.5. The number of fused-ring (bicyclic) bond motifs is 7. The van der Waals surface area contributed by atoms with Crippen molar-refractivity contribution in [2.75, 3.05) is 9.80 Å². The number of aromatic nitrogens is 3. The van der Waals surface area contributed by atoms with E-state index < -0.39 is 0 Å². The molecule has 0 amide bonds. The summed E-state index contributed by atoms with van der Waals surface area (Å²) in [6.07, 6.45) is 1.91. The zero-order chi connectivity index (χ0) is 41.6. The Morgan fingerprint density at radius 3 is 1.95 bits per heavy atom. The summed E-state index contributed by atoms with van der Waals surface area (Å²) in [5.74, 6) is 2.02. The van der Waals surface area contributed by atoms with Crippen LogP contribution in [0.2, 0.25) is 0 Å². The summed E-state index contributed by atoms with van der Waals surface area (Å²) in [5.41, 5.74) is 14.3. The Morgan fingerprint density at radius 2 is 1.23 bits per heavy atom. The van der Waals surface area contributed by atoms with Crippen LogP contribution >= 0.6 is 0 Å². The van der Waals surface area contributed by atoms with Gasteiger partial charge in [-0.25, -0.2) is 4.98 Å². The first-order chi connectivity index (χ1) is 29.6. The van der Waals surface area contributed by atoms with E-state index in [2.05, 4.69) is 219 Å². The van der Waals surface area contributed by atoms with Gasteiger partial charge in [0.25, 0.3) is 0 Å². The monoisotopic (exact) mass is 985 g/mol. The number of para-hydroxylation sites is 5. The van der Waals surface area contributed by atoms with Gasteiger partial charge in [-0.15, -0.1) is 36.3 Å². The van der Waals surface area contributed by atoms with Crippen LogP contribution in [0, 0.1) is 39.6 Å². The fourth-order valence-corrected chi connectivity index (χ4v) is 9.39. The average molecular weight is 986 g/mol. The molecule has 0 spiro atoms. The van der Waals surface area contributed by atoms with Gasteiger partial charge in [0.15, 0.2) is 0 Å². The van der Waals surface area contributed by atoms with Crippen LogP contribution in [0.5, 0.6) is 11.5 Å². The molecule has 1 aliphatic heterocycles. The van der Waals surface area contributed by atoms with E-state index in [-0.39, 0.29) is 26.5 Å². The number of nitrogens with zero attached hydrogens (tertiary/aromatic N) is 5. The van der Waals surface area contributed by atoms with E-state index in [9.17, 15) is 0 Å². The Hall–Kier alpha value is -6.62. The van der Waals surface area contributed by atoms with Gasteiger partial charge in [0.2, 0.25) is 0 Å². The van der Waals surface area contributed by atoms with Crippen molar-refractivity contribution in [2.24, 2.45) is 0 Å². The van der Waals surface area contributed by atoms with E-state index >= 15 is 0 Å². The normalized spacial score (nSPS) is 12.7. The summed E-state index contributed by atoms with van der Waals surface area (Å²) in [6, 6.07) is 58.9. The van der Waals surface area contributed by atoms with Gasteiger partial charge in [-0.1, -0.05) is 122 Å². The minimum Gasteiger partial charge on any atom is -0.509 e. The number of pyridine rings is 1. The molecule has 4 heterocycles. The second-order valence-electron chi connectivity index (χ2n) is 17.2. The van der Waals surface area contributed by atoms with Gasteiger partial charge in [-0.2, -0.15) is 6.07 Å². The fourth-order valence-electron chi connectivity index (χ4n) is 9.39. The molecule has 308 valence electrons. The van der Waals surface area contributed by atoms with Crippen LogP contribution in [0.3, 0.4) is 0 Å². The molecule has 0 unspecified atom stereocenters. The average Bonchev–Trinajstić information content (AvgIpc) is 3.91. The van der Waals surface area contributed by atoms with Gasteiger partial charge >= 0.3 is 0 Å². The first-order valence-electron chi connectivity index (χ1n) is 20.9. The molecular weight excluding hydrogens is 942 g/mol. The Bertz CT molecular complexity index is 3330. The second kappa shape index (κ2) is 15.1. The molecule has 0 saturated carbocycles. The van der Waals surface area contributed by atoms with Gasteiger partial charge in [0.1, 0.15) is 5.82 Å². The van der Waals surface area contributed by atoms with Crippen molar-refractivity contribution in [3.8, 4) is 23.0 Å². The zero-order valence-electron chi connectivity index (χ0n) is 35.5. The largest absolute Gasteiger partial charge is 0.509 e. The molecule has 0 fully saturated rings. The Labute approximate surface area is 376 Å². The number of anilines is 4. The van der Waals surface area contributed by atoms with Crippen LogP contribution in [-0.2, 0) is 26.5 Å². The van der Waals surface area contributed by atoms with Crippen LogP contribution in [0.25, 0.3) is 55.1 Å². The first kappa shape index (κ1) is 39.5. The summed E-state index contributed by atoms with van der Waals surface area (Å²) in [7, 11) is 0. The van der Waals surface area contributed by atoms with E-state index in [4.69, 9.17) is 9.72 Å². The van der Waals surface area contributed by atoms with Crippen LogP contribution in [0.4, 0.5) is 22.7 Å². The van der Waals surface area contributed by atoms with E-state index in [1.54, 1.807) is 0 Å². The summed E-state index contributed by atoms with van der Waals surface area (Å²) in [6.45, 7) is 15.5. The molecule has 62 heavy (non-hydrogen) atoms. The third-order valence-electron chi connectivity index (χ3n) is 12.0. The van der Waals surface area contributed by atoms with E-state index in [1.807, 2.05) is 12.3 Å². The van der Waals surface area contributed by atoms with Gasteiger partial charge in [-0.3, -0.25) is 0 Å². The van der Waals surface area contributed by atoms with Gasteiger partial charge in [0, 0.05) is 72.5 Å². The standard InChI is InChI=1S/C55H44N5O.Pt/c1-35-28-36(2)54(37(3)29-35)58-34-57(47-22-14-15-23-48(47)58)50-32-41(33-51-53(50)44-19-11-13-21-46(44)59(51)39-16-8-7-9-17-39)61-40-24-25-43-42-18-10-12-20-45(42)60(49(43)31-40)52-30-38(26-27-56-52)55(4,5)6;/h7-30,33-34H,1-6H3;/q-3;. The van der Waals surface area contributed by atoms with Crippen LogP contribution in [0.15, 0.2) is 152 Å². The quantitative estimate of drug-likeness (QED) is 0.156. The van der Waals surface area contributed by atoms with Crippen molar-refractivity contribution in [3.63, 3.8) is 0 Å². The number of hydrogen-bond donors (Lipinski definition) is 0. The molecule has 11 rings (SSSR count). The summed E-state index contributed by atoms with van der Waals surface area (Å²) >= 11 is 0. The van der Waals surface area contributed by atoms with Crippen molar-refractivity contribution in [1.29, 1.82) is 0 Å². The molecule has 0 N–H and O–H groups in total. The minimum absolute atomic E-state index is 0. The number of ether oxygens (including phenoxy) is 1. The molecule has 0 radical (unpaired) electrons. The number of aryl methyl sites for hydroxylation is 3. The third kappa shape index (κ3) is 6.39. The molecule has 10 aromatic rings. The Morgan fingerprint density at radius 1 is 0.581 bits per heavy atom. The van der Waals surface area contributed by atoms with Crippen LogP contribution < -0.4 is 14.5 Å². The van der Waals surface area contributed by atoms with Crippen LogP contribution in [-0.4, -0.2) is 14.1 Å². The SMILES string of the molecule is Cc1cc(C)c(N2[CH-]N(c3[c-]c(Oc4[c-]c5c(cc4)c4ccccc4n5-c4cc(C(C)(C)C)ccn4)cc4c3c3ccccc3n4-c3ccccc3)c3ccccc32)c(C)c1.[Pt]. The molecule has 6 nitrogen and oxygen atoms in total. The number of rotatable bonds is 6. The van der Waals surface area contributed by atoms with Crippen molar-refractivity contribution in [3.05, 3.63) is 193 Å². The maximum atomic E-state index is 6.99. The molecule has 0 bridgehead atoms. The molecule has 0 aliphatic carbocycles.